The number of hydrogen-bond donors (Lipinski definition) is 1. The van der Waals surface area contributed by atoms with Gasteiger partial charge in [-0.2, -0.15) is 0 Å². The molecule has 0 aromatic heterocycles. The van der Waals surface area contributed by atoms with Crippen LogP contribution in [-0.2, 0) is 6.42 Å². The van der Waals surface area contributed by atoms with E-state index in [0.29, 0.717) is 17.8 Å². The molecule has 0 bridgehead atoms. The second-order valence-electron chi connectivity index (χ2n) is 5.64. The number of amides is 1. The lowest BCUT2D eigenvalue weighted by Gasteiger charge is -2.30. The molecule has 0 radical (unpaired) electrons. The van der Waals surface area contributed by atoms with Crippen molar-refractivity contribution in [1.29, 1.82) is 0 Å². The number of nitrogens with zero attached hydrogens (tertiary/aromatic N) is 1. The van der Waals surface area contributed by atoms with Crippen molar-refractivity contribution >= 4 is 11.6 Å². The highest BCUT2D eigenvalue weighted by Crippen LogP contribution is 2.36. The Labute approximate surface area is 124 Å². The normalized spacial score (nSPS) is 13.9. The smallest absolute Gasteiger partial charge is 0.258 e. The fraction of sp³-hybridized carbons (Fsp3) is 0.278. The Balaban J connectivity index is 2.02. The Morgan fingerprint density at radius 2 is 1.95 bits per heavy atom. The van der Waals surface area contributed by atoms with Crippen molar-refractivity contribution in [2.45, 2.75) is 26.7 Å². The van der Waals surface area contributed by atoms with E-state index in [9.17, 15) is 9.90 Å². The van der Waals surface area contributed by atoms with Crippen molar-refractivity contribution in [2.24, 2.45) is 0 Å². The molecular formula is C18H19NO2. The molecule has 0 spiro atoms. The molecule has 0 aliphatic carbocycles. The molecule has 3 heteroatoms. The fourth-order valence-electron chi connectivity index (χ4n) is 2.86. The average molecular weight is 281 g/mol. The molecule has 3 rings (SSSR count). The number of hydrogen-bond acceptors (Lipinski definition) is 2. The van der Waals surface area contributed by atoms with E-state index in [-0.39, 0.29) is 11.7 Å². The first-order valence-electron chi connectivity index (χ1n) is 7.28. The SMILES string of the molecule is Cc1ccc(C(=O)N2CCCc3cccc(O)c32)cc1C. The molecule has 1 heterocycles. The molecule has 0 unspecified atom stereocenters. The van der Waals surface area contributed by atoms with E-state index in [1.807, 2.05) is 44.2 Å². The number of para-hydroxylation sites is 1. The van der Waals surface area contributed by atoms with Gasteiger partial charge in [-0.1, -0.05) is 18.2 Å². The first-order chi connectivity index (χ1) is 10.1. The van der Waals surface area contributed by atoms with Crippen LogP contribution in [0.15, 0.2) is 36.4 Å². The second kappa shape index (κ2) is 5.24. The lowest BCUT2D eigenvalue weighted by atomic mass is 9.99. The van der Waals surface area contributed by atoms with Crippen LogP contribution < -0.4 is 4.90 Å². The Bertz CT molecular complexity index is 706. The van der Waals surface area contributed by atoms with E-state index in [1.165, 1.54) is 5.56 Å². The van der Waals surface area contributed by atoms with Gasteiger partial charge in [-0.05, 0) is 61.6 Å². The van der Waals surface area contributed by atoms with Crippen LogP contribution in [0.5, 0.6) is 5.75 Å². The quantitative estimate of drug-likeness (QED) is 0.867. The standard InChI is InChI=1S/C18H19NO2/c1-12-8-9-15(11-13(12)2)18(21)19-10-4-6-14-5-3-7-16(20)17(14)19/h3,5,7-9,11,20H,4,6,10H2,1-2H3. The molecule has 1 N–H and O–H groups in total. The third-order valence-corrected chi connectivity index (χ3v) is 4.20. The Morgan fingerprint density at radius 3 is 2.71 bits per heavy atom. The van der Waals surface area contributed by atoms with Crippen molar-refractivity contribution in [3.63, 3.8) is 0 Å². The zero-order chi connectivity index (χ0) is 15.0. The molecule has 0 saturated carbocycles. The van der Waals surface area contributed by atoms with Crippen LogP contribution in [0.1, 0.15) is 33.5 Å². The van der Waals surface area contributed by atoms with Gasteiger partial charge >= 0.3 is 0 Å². The van der Waals surface area contributed by atoms with Gasteiger partial charge in [0.2, 0.25) is 0 Å². The van der Waals surface area contributed by atoms with Gasteiger partial charge in [0.25, 0.3) is 5.91 Å². The van der Waals surface area contributed by atoms with Gasteiger partial charge in [0.15, 0.2) is 0 Å². The number of rotatable bonds is 1. The number of aryl methyl sites for hydroxylation is 3. The molecule has 0 saturated heterocycles. The number of carbonyl (C=O) groups excluding carboxylic acids is 1. The molecule has 0 fully saturated rings. The summed E-state index contributed by atoms with van der Waals surface area (Å²) < 4.78 is 0. The topological polar surface area (TPSA) is 40.5 Å². The number of aromatic hydroxyl groups is 1. The van der Waals surface area contributed by atoms with E-state index in [0.717, 1.165) is 24.0 Å². The van der Waals surface area contributed by atoms with Gasteiger partial charge < -0.3 is 10.0 Å². The fourth-order valence-corrected chi connectivity index (χ4v) is 2.86. The zero-order valence-electron chi connectivity index (χ0n) is 12.4. The summed E-state index contributed by atoms with van der Waals surface area (Å²) in [6, 6.07) is 11.2. The highest BCUT2D eigenvalue weighted by molar-refractivity contribution is 6.07. The van der Waals surface area contributed by atoms with Crippen molar-refractivity contribution in [2.75, 3.05) is 11.4 Å². The predicted octanol–water partition coefficient (Wildman–Crippen LogP) is 3.60. The molecule has 108 valence electrons. The van der Waals surface area contributed by atoms with E-state index in [4.69, 9.17) is 0 Å². The Morgan fingerprint density at radius 1 is 1.14 bits per heavy atom. The van der Waals surface area contributed by atoms with Crippen LogP contribution in [0.4, 0.5) is 5.69 Å². The maximum atomic E-state index is 12.8. The van der Waals surface area contributed by atoms with E-state index in [1.54, 1.807) is 11.0 Å². The molecule has 0 atom stereocenters. The van der Waals surface area contributed by atoms with Crippen LogP contribution in [0.2, 0.25) is 0 Å². The molecule has 2 aromatic rings. The summed E-state index contributed by atoms with van der Waals surface area (Å²) in [6.45, 7) is 4.69. The monoisotopic (exact) mass is 281 g/mol. The van der Waals surface area contributed by atoms with E-state index >= 15 is 0 Å². The van der Waals surface area contributed by atoms with Gasteiger partial charge in [-0.25, -0.2) is 0 Å². The maximum absolute atomic E-state index is 12.8. The van der Waals surface area contributed by atoms with Crippen LogP contribution >= 0.6 is 0 Å². The average Bonchev–Trinajstić information content (AvgIpc) is 2.49. The van der Waals surface area contributed by atoms with Gasteiger partial charge in [0.05, 0.1) is 5.69 Å². The number of fused-ring (bicyclic) bond motifs is 1. The van der Waals surface area contributed by atoms with Gasteiger partial charge in [0, 0.05) is 12.1 Å². The first-order valence-corrected chi connectivity index (χ1v) is 7.28. The summed E-state index contributed by atoms with van der Waals surface area (Å²) >= 11 is 0. The minimum Gasteiger partial charge on any atom is -0.506 e. The number of benzene rings is 2. The lowest BCUT2D eigenvalue weighted by Crippen LogP contribution is -2.35. The number of carbonyl (C=O) groups is 1. The molecule has 3 nitrogen and oxygen atoms in total. The summed E-state index contributed by atoms with van der Waals surface area (Å²) in [7, 11) is 0. The van der Waals surface area contributed by atoms with Gasteiger partial charge in [-0.15, -0.1) is 0 Å². The van der Waals surface area contributed by atoms with E-state index < -0.39 is 0 Å². The largest absolute Gasteiger partial charge is 0.506 e. The molecule has 2 aromatic carbocycles. The summed E-state index contributed by atoms with van der Waals surface area (Å²) in [4.78, 5) is 14.5. The Hall–Kier alpha value is -2.29. The summed E-state index contributed by atoms with van der Waals surface area (Å²) in [5.41, 5.74) is 4.67. The third-order valence-electron chi connectivity index (χ3n) is 4.20. The summed E-state index contributed by atoms with van der Waals surface area (Å²) in [5, 5.41) is 10.1. The summed E-state index contributed by atoms with van der Waals surface area (Å²) in [6.07, 6.45) is 1.83. The first kappa shape index (κ1) is 13.7. The predicted molar refractivity (Wildman–Crippen MR) is 84.0 cm³/mol. The summed E-state index contributed by atoms with van der Waals surface area (Å²) in [5.74, 6) is 0.143. The van der Waals surface area contributed by atoms with Crippen molar-refractivity contribution in [3.05, 3.63) is 58.7 Å². The number of phenols is 1. The molecular weight excluding hydrogens is 262 g/mol. The second-order valence-corrected chi connectivity index (χ2v) is 5.64. The Kier molecular flexibility index (Phi) is 3.42. The van der Waals surface area contributed by atoms with Crippen molar-refractivity contribution in [1.82, 2.24) is 0 Å². The van der Waals surface area contributed by atoms with Crippen molar-refractivity contribution in [3.8, 4) is 5.75 Å². The van der Waals surface area contributed by atoms with Gasteiger partial charge in [-0.3, -0.25) is 4.79 Å². The minimum absolute atomic E-state index is 0.0412. The van der Waals surface area contributed by atoms with Gasteiger partial charge in [0.1, 0.15) is 5.75 Å². The molecule has 1 amide bonds. The lowest BCUT2D eigenvalue weighted by molar-refractivity contribution is 0.0984. The number of anilines is 1. The highest BCUT2D eigenvalue weighted by atomic mass is 16.3. The van der Waals surface area contributed by atoms with Crippen LogP contribution in [-0.4, -0.2) is 17.6 Å². The maximum Gasteiger partial charge on any atom is 0.258 e. The van der Waals surface area contributed by atoms with Crippen molar-refractivity contribution < 1.29 is 9.90 Å². The van der Waals surface area contributed by atoms with Crippen LogP contribution in [0.25, 0.3) is 0 Å². The van der Waals surface area contributed by atoms with Crippen LogP contribution in [0, 0.1) is 13.8 Å². The highest BCUT2D eigenvalue weighted by Gasteiger charge is 2.26. The van der Waals surface area contributed by atoms with E-state index in [2.05, 4.69) is 0 Å². The van der Waals surface area contributed by atoms with Crippen LogP contribution in [0.3, 0.4) is 0 Å². The molecule has 1 aliphatic rings. The molecule has 21 heavy (non-hydrogen) atoms. The third kappa shape index (κ3) is 2.40. The zero-order valence-corrected chi connectivity index (χ0v) is 12.4. The molecule has 1 aliphatic heterocycles. The number of phenolic OH excluding ortho intramolecular Hbond substituents is 1. The minimum atomic E-state index is -0.0412.